The maximum absolute atomic E-state index is 6.00. The Morgan fingerprint density at radius 1 is 1.32 bits per heavy atom. The lowest BCUT2D eigenvalue weighted by Gasteiger charge is -2.27. The third-order valence-corrected chi connectivity index (χ3v) is 4.03. The molecule has 0 aliphatic carbocycles. The summed E-state index contributed by atoms with van der Waals surface area (Å²) in [5.41, 5.74) is 6.75. The minimum atomic E-state index is 0.408. The van der Waals surface area contributed by atoms with Crippen molar-refractivity contribution in [2.75, 3.05) is 46.2 Å². The summed E-state index contributed by atoms with van der Waals surface area (Å²) in [7, 11) is 5.41. The fourth-order valence-corrected chi connectivity index (χ4v) is 2.56. The second-order valence-electron chi connectivity index (χ2n) is 5.66. The van der Waals surface area contributed by atoms with Crippen LogP contribution in [0.25, 0.3) is 0 Å². The number of rotatable bonds is 5. The van der Waals surface area contributed by atoms with Crippen molar-refractivity contribution >= 4 is 11.6 Å². The number of benzene rings is 1. The van der Waals surface area contributed by atoms with Crippen molar-refractivity contribution in [3.8, 4) is 11.5 Å². The van der Waals surface area contributed by atoms with E-state index in [4.69, 9.17) is 15.2 Å². The summed E-state index contributed by atoms with van der Waals surface area (Å²) in [4.78, 5) is 6.82. The quantitative estimate of drug-likeness (QED) is 0.641. The molecule has 6 heteroatoms. The van der Waals surface area contributed by atoms with Crippen LogP contribution in [0.15, 0.2) is 23.2 Å². The molecule has 0 saturated carbocycles. The fourth-order valence-electron chi connectivity index (χ4n) is 2.56. The Morgan fingerprint density at radius 2 is 2.05 bits per heavy atom. The Kier molecular flexibility index (Phi) is 5.89. The summed E-state index contributed by atoms with van der Waals surface area (Å²) in [5, 5.41) is 3.10. The minimum Gasteiger partial charge on any atom is -0.497 e. The number of aliphatic imine (C=N–C) groups is 1. The first kappa shape index (κ1) is 16.4. The van der Waals surface area contributed by atoms with E-state index in [0.717, 1.165) is 31.1 Å². The van der Waals surface area contributed by atoms with Gasteiger partial charge in [-0.2, -0.15) is 0 Å². The van der Waals surface area contributed by atoms with Crippen LogP contribution in [-0.2, 0) is 0 Å². The summed E-state index contributed by atoms with van der Waals surface area (Å²) in [6.45, 7) is 3.04. The molecule has 1 aliphatic rings. The van der Waals surface area contributed by atoms with Crippen molar-refractivity contribution in [2.45, 2.75) is 12.8 Å². The Hall–Kier alpha value is -1.95. The zero-order valence-corrected chi connectivity index (χ0v) is 13.6. The van der Waals surface area contributed by atoms with Gasteiger partial charge >= 0.3 is 0 Å². The van der Waals surface area contributed by atoms with Crippen LogP contribution in [0.1, 0.15) is 12.8 Å². The smallest absolute Gasteiger partial charge is 0.193 e. The van der Waals surface area contributed by atoms with Crippen molar-refractivity contribution in [3.05, 3.63) is 18.2 Å². The van der Waals surface area contributed by atoms with E-state index in [9.17, 15) is 0 Å². The highest BCUT2D eigenvalue weighted by Gasteiger charge is 2.16. The molecule has 3 N–H and O–H groups in total. The molecule has 6 nitrogen and oxygen atoms in total. The molecule has 0 amide bonds. The summed E-state index contributed by atoms with van der Waals surface area (Å²) in [5.74, 6) is 2.47. The number of piperidine rings is 1. The molecule has 1 aromatic rings. The van der Waals surface area contributed by atoms with Crippen molar-refractivity contribution in [1.82, 2.24) is 4.90 Å². The molecule has 1 saturated heterocycles. The number of ether oxygens (including phenoxy) is 2. The highest BCUT2D eigenvalue weighted by atomic mass is 16.5. The zero-order chi connectivity index (χ0) is 15.9. The number of methoxy groups -OCH3 is 2. The average molecular weight is 306 g/mol. The summed E-state index contributed by atoms with van der Waals surface area (Å²) in [6, 6.07) is 5.53. The number of nitrogens with zero attached hydrogens (tertiary/aromatic N) is 2. The van der Waals surface area contributed by atoms with Crippen LogP contribution in [0, 0.1) is 5.92 Å². The Bertz CT molecular complexity index is 511. The first-order valence-electron chi connectivity index (χ1n) is 7.60. The molecule has 122 valence electrons. The van der Waals surface area contributed by atoms with Gasteiger partial charge in [-0.25, -0.2) is 0 Å². The van der Waals surface area contributed by atoms with E-state index in [0.29, 0.717) is 17.6 Å². The van der Waals surface area contributed by atoms with Gasteiger partial charge in [0, 0.05) is 12.6 Å². The van der Waals surface area contributed by atoms with Crippen LogP contribution in [0.5, 0.6) is 11.5 Å². The second-order valence-corrected chi connectivity index (χ2v) is 5.66. The average Bonchev–Trinajstić information content (AvgIpc) is 2.54. The van der Waals surface area contributed by atoms with E-state index < -0.39 is 0 Å². The van der Waals surface area contributed by atoms with Crippen molar-refractivity contribution in [3.63, 3.8) is 0 Å². The standard InChI is InChI=1S/C16H26N4O2/c1-20-8-6-12(7-9-20)11-18-16(17)19-14-10-13(21-2)4-5-15(14)22-3/h4-5,10,12H,6-9,11H2,1-3H3,(H3,17,18,19). The summed E-state index contributed by atoms with van der Waals surface area (Å²) >= 11 is 0. The molecule has 1 heterocycles. The Balaban J connectivity index is 1.95. The van der Waals surface area contributed by atoms with E-state index in [1.165, 1.54) is 12.8 Å². The molecule has 0 radical (unpaired) electrons. The van der Waals surface area contributed by atoms with E-state index in [1.807, 2.05) is 18.2 Å². The predicted molar refractivity (Wildman–Crippen MR) is 89.9 cm³/mol. The molecule has 1 aromatic carbocycles. The van der Waals surface area contributed by atoms with Crippen molar-refractivity contribution in [2.24, 2.45) is 16.6 Å². The van der Waals surface area contributed by atoms with Crippen molar-refractivity contribution in [1.29, 1.82) is 0 Å². The number of likely N-dealkylation sites (tertiary alicyclic amines) is 1. The van der Waals surface area contributed by atoms with Crippen molar-refractivity contribution < 1.29 is 9.47 Å². The Morgan fingerprint density at radius 3 is 2.68 bits per heavy atom. The van der Waals surface area contributed by atoms with Gasteiger partial charge in [0.2, 0.25) is 0 Å². The molecule has 0 aromatic heterocycles. The molecule has 0 bridgehead atoms. The highest BCUT2D eigenvalue weighted by molar-refractivity contribution is 5.94. The minimum absolute atomic E-state index is 0.408. The van der Waals surface area contributed by atoms with E-state index in [-0.39, 0.29) is 0 Å². The monoisotopic (exact) mass is 306 g/mol. The van der Waals surface area contributed by atoms with Gasteiger partial charge in [0.1, 0.15) is 11.5 Å². The highest BCUT2D eigenvalue weighted by Crippen LogP contribution is 2.28. The van der Waals surface area contributed by atoms with Gasteiger partial charge in [-0.3, -0.25) is 4.99 Å². The number of guanidine groups is 1. The molecule has 0 atom stereocenters. The van der Waals surface area contributed by atoms with Gasteiger partial charge < -0.3 is 25.4 Å². The number of nitrogens with one attached hydrogen (secondary N) is 1. The molecular formula is C16H26N4O2. The topological polar surface area (TPSA) is 72.1 Å². The molecule has 0 unspecified atom stereocenters. The van der Waals surface area contributed by atoms with Gasteiger partial charge in [0.05, 0.1) is 19.9 Å². The third kappa shape index (κ3) is 4.53. The van der Waals surface area contributed by atoms with Crippen LogP contribution in [-0.4, -0.2) is 51.8 Å². The fraction of sp³-hybridized carbons (Fsp3) is 0.562. The molecule has 1 aliphatic heterocycles. The van der Waals surface area contributed by atoms with Gasteiger partial charge in [-0.1, -0.05) is 0 Å². The van der Waals surface area contributed by atoms with Crippen LogP contribution >= 0.6 is 0 Å². The van der Waals surface area contributed by atoms with Gasteiger partial charge in [0.15, 0.2) is 5.96 Å². The van der Waals surface area contributed by atoms with Gasteiger partial charge in [-0.05, 0) is 51.0 Å². The summed E-state index contributed by atoms with van der Waals surface area (Å²) < 4.78 is 10.5. The van der Waals surface area contributed by atoms with E-state index in [2.05, 4.69) is 22.3 Å². The number of nitrogens with two attached hydrogens (primary N) is 1. The SMILES string of the molecule is COc1ccc(OC)c(NC(N)=NCC2CCN(C)CC2)c1. The van der Waals surface area contributed by atoms with E-state index >= 15 is 0 Å². The second kappa shape index (κ2) is 7.89. The number of hydrogen-bond acceptors (Lipinski definition) is 4. The van der Waals surface area contributed by atoms with Crippen LogP contribution in [0.2, 0.25) is 0 Å². The summed E-state index contributed by atoms with van der Waals surface area (Å²) in [6.07, 6.45) is 2.35. The number of hydrogen-bond donors (Lipinski definition) is 2. The maximum atomic E-state index is 6.00. The molecule has 22 heavy (non-hydrogen) atoms. The first-order valence-corrected chi connectivity index (χ1v) is 7.60. The molecular weight excluding hydrogens is 280 g/mol. The predicted octanol–water partition coefficient (Wildman–Crippen LogP) is 1.77. The van der Waals surface area contributed by atoms with Crippen LogP contribution < -0.4 is 20.5 Å². The van der Waals surface area contributed by atoms with Crippen LogP contribution in [0.4, 0.5) is 5.69 Å². The zero-order valence-electron chi connectivity index (χ0n) is 13.6. The van der Waals surface area contributed by atoms with E-state index in [1.54, 1.807) is 14.2 Å². The largest absolute Gasteiger partial charge is 0.497 e. The lowest BCUT2D eigenvalue weighted by Crippen LogP contribution is -2.32. The van der Waals surface area contributed by atoms with Gasteiger partial charge in [-0.15, -0.1) is 0 Å². The van der Waals surface area contributed by atoms with Gasteiger partial charge in [0.25, 0.3) is 0 Å². The first-order chi connectivity index (χ1) is 10.6. The maximum Gasteiger partial charge on any atom is 0.193 e. The lowest BCUT2D eigenvalue weighted by atomic mass is 9.97. The molecule has 2 rings (SSSR count). The molecule has 0 spiro atoms. The normalized spacial score (nSPS) is 17.3. The molecule has 1 fully saturated rings. The lowest BCUT2D eigenvalue weighted by molar-refractivity contribution is 0.224. The van der Waals surface area contributed by atoms with Crippen LogP contribution in [0.3, 0.4) is 0 Å². The third-order valence-electron chi connectivity index (χ3n) is 4.03. The Labute approximate surface area is 132 Å². The number of anilines is 1.